The van der Waals surface area contributed by atoms with Crippen LogP contribution in [0.2, 0.25) is 0 Å². The minimum atomic E-state index is 0.344. The van der Waals surface area contributed by atoms with Crippen LogP contribution in [0.15, 0.2) is 24.3 Å². The van der Waals surface area contributed by atoms with Gasteiger partial charge >= 0.3 is 0 Å². The Bertz CT molecular complexity index is 281. The molecule has 1 aromatic rings. The van der Waals surface area contributed by atoms with Crippen molar-refractivity contribution in [3.63, 3.8) is 0 Å². The van der Waals surface area contributed by atoms with Crippen molar-refractivity contribution in [3.05, 3.63) is 35.4 Å². The molecule has 0 fully saturated rings. The Morgan fingerprint density at radius 1 is 1.12 bits per heavy atom. The monoisotopic (exact) mass is 221 g/mol. The lowest BCUT2D eigenvalue weighted by atomic mass is 10.0. The maximum absolute atomic E-state index is 5.49. The second kappa shape index (κ2) is 7.42. The Hall–Kier alpha value is -0.860. The highest BCUT2D eigenvalue weighted by Gasteiger charge is 2.00. The van der Waals surface area contributed by atoms with E-state index in [2.05, 4.69) is 31.2 Å². The fourth-order valence-corrected chi connectivity index (χ4v) is 1.67. The second-order valence-electron chi connectivity index (χ2n) is 4.29. The van der Waals surface area contributed by atoms with Gasteiger partial charge in [-0.25, -0.2) is 0 Å². The molecule has 0 aliphatic carbocycles. The summed E-state index contributed by atoms with van der Waals surface area (Å²) in [5, 5.41) is 0. The zero-order valence-corrected chi connectivity index (χ0v) is 10.4. The molecule has 1 atom stereocenters. The largest absolute Gasteiger partial charge is 0.382 e. The van der Waals surface area contributed by atoms with Crippen LogP contribution in [0, 0.1) is 0 Å². The van der Waals surface area contributed by atoms with Gasteiger partial charge in [0.05, 0.1) is 6.10 Å². The molecule has 0 spiro atoms. The van der Waals surface area contributed by atoms with E-state index in [9.17, 15) is 0 Å². The lowest BCUT2D eigenvalue weighted by Gasteiger charge is -2.09. The van der Waals surface area contributed by atoms with Crippen molar-refractivity contribution in [1.82, 2.24) is 0 Å². The Balaban J connectivity index is 2.38. The highest BCUT2D eigenvalue weighted by atomic mass is 16.5. The number of benzene rings is 1. The van der Waals surface area contributed by atoms with Crippen LogP contribution < -0.4 is 5.73 Å². The molecule has 0 saturated carbocycles. The van der Waals surface area contributed by atoms with Gasteiger partial charge in [0.15, 0.2) is 0 Å². The molecule has 1 aromatic carbocycles. The van der Waals surface area contributed by atoms with Crippen molar-refractivity contribution in [2.24, 2.45) is 5.73 Å². The normalized spacial score (nSPS) is 12.7. The van der Waals surface area contributed by atoms with Gasteiger partial charge in [-0.05, 0) is 50.3 Å². The number of rotatable bonds is 7. The first kappa shape index (κ1) is 13.2. The molecule has 0 heterocycles. The molecule has 2 nitrogen and oxygen atoms in total. The molecule has 0 saturated heterocycles. The van der Waals surface area contributed by atoms with Crippen LogP contribution in [0.25, 0.3) is 0 Å². The van der Waals surface area contributed by atoms with Crippen molar-refractivity contribution in [1.29, 1.82) is 0 Å². The minimum absolute atomic E-state index is 0.344. The molecule has 0 radical (unpaired) electrons. The third kappa shape index (κ3) is 4.77. The summed E-state index contributed by atoms with van der Waals surface area (Å²) in [7, 11) is 1.76. The van der Waals surface area contributed by atoms with Crippen LogP contribution >= 0.6 is 0 Å². The van der Waals surface area contributed by atoms with Crippen molar-refractivity contribution in [2.75, 3.05) is 13.7 Å². The molecule has 0 bridgehead atoms. The molecule has 2 heteroatoms. The maximum atomic E-state index is 5.49. The summed E-state index contributed by atoms with van der Waals surface area (Å²) >= 11 is 0. The number of methoxy groups -OCH3 is 1. The van der Waals surface area contributed by atoms with Gasteiger partial charge in [0.25, 0.3) is 0 Å². The minimum Gasteiger partial charge on any atom is -0.382 e. The molecule has 16 heavy (non-hydrogen) atoms. The number of nitrogens with two attached hydrogens (primary N) is 1. The molecule has 1 unspecified atom stereocenters. The van der Waals surface area contributed by atoms with E-state index in [1.54, 1.807) is 7.11 Å². The summed E-state index contributed by atoms with van der Waals surface area (Å²) in [5.41, 5.74) is 8.26. The highest BCUT2D eigenvalue weighted by Crippen LogP contribution is 2.10. The third-order valence-corrected chi connectivity index (χ3v) is 2.93. The van der Waals surface area contributed by atoms with Crippen molar-refractivity contribution < 1.29 is 4.74 Å². The average Bonchev–Trinajstić information content (AvgIpc) is 2.34. The fourth-order valence-electron chi connectivity index (χ4n) is 1.67. The van der Waals surface area contributed by atoms with Crippen LogP contribution in [-0.2, 0) is 17.6 Å². The van der Waals surface area contributed by atoms with Gasteiger partial charge in [-0.3, -0.25) is 0 Å². The van der Waals surface area contributed by atoms with Crippen LogP contribution in [0.3, 0.4) is 0 Å². The molecule has 90 valence electrons. The molecular formula is C14H23NO. The zero-order valence-electron chi connectivity index (χ0n) is 10.4. The van der Waals surface area contributed by atoms with Crippen LogP contribution in [0.4, 0.5) is 0 Å². The van der Waals surface area contributed by atoms with E-state index in [4.69, 9.17) is 10.5 Å². The predicted octanol–water partition coefficient (Wildman–Crippen LogP) is 2.55. The predicted molar refractivity (Wildman–Crippen MR) is 68.6 cm³/mol. The Morgan fingerprint density at radius 3 is 2.19 bits per heavy atom. The lowest BCUT2D eigenvalue weighted by molar-refractivity contribution is 0.111. The van der Waals surface area contributed by atoms with Crippen LogP contribution in [-0.4, -0.2) is 19.8 Å². The van der Waals surface area contributed by atoms with E-state index in [1.165, 1.54) is 11.1 Å². The average molecular weight is 221 g/mol. The zero-order chi connectivity index (χ0) is 11.8. The Labute approximate surface area is 98.8 Å². The van der Waals surface area contributed by atoms with E-state index >= 15 is 0 Å². The first-order valence-corrected chi connectivity index (χ1v) is 6.07. The Kier molecular flexibility index (Phi) is 6.12. The fraction of sp³-hybridized carbons (Fsp3) is 0.571. The summed E-state index contributed by atoms with van der Waals surface area (Å²) in [4.78, 5) is 0. The molecule has 1 rings (SSSR count). The first-order valence-electron chi connectivity index (χ1n) is 6.07. The van der Waals surface area contributed by atoms with Crippen LogP contribution in [0.5, 0.6) is 0 Å². The van der Waals surface area contributed by atoms with E-state index in [0.29, 0.717) is 6.10 Å². The van der Waals surface area contributed by atoms with Gasteiger partial charge in [0.2, 0.25) is 0 Å². The van der Waals surface area contributed by atoms with E-state index in [0.717, 1.165) is 32.2 Å². The molecule has 2 N–H and O–H groups in total. The molecule has 0 aliphatic rings. The smallest absolute Gasteiger partial charge is 0.0546 e. The summed E-state index contributed by atoms with van der Waals surface area (Å²) in [6.07, 6.45) is 4.67. The number of aryl methyl sites for hydroxylation is 2. The summed E-state index contributed by atoms with van der Waals surface area (Å²) < 4.78 is 5.23. The number of ether oxygens (including phenoxy) is 1. The van der Waals surface area contributed by atoms with Gasteiger partial charge in [0.1, 0.15) is 0 Å². The van der Waals surface area contributed by atoms with Gasteiger partial charge in [-0.2, -0.15) is 0 Å². The highest BCUT2D eigenvalue weighted by molar-refractivity contribution is 5.22. The van der Waals surface area contributed by atoms with Gasteiger partial charge < -0.3 is 10.5 Å². The SMILES string of the molecule is COC(C)CCc1ccc(CCCN)cc1. The Morgan fingerprint density at radius 2 is 1.69 bits per heavy atom. The van der Waals surface area contributed by atoms with Crippen molar-refractivity contribution in [3.8, 4) is 0 Å². The first-order chi connectivity index (χ1) is 7.76. The van der Waals surface area contributed by atoms with Crippen molar-refractivity contribution in [2.45, 2.75) is 38.7 Å². The van der Waals surface area contributed by atoms with E-state index in [1.807, 2.05) is 0 Å². The third-order valence-electron chi connectivity index (χ3n) is 2.93. The molecule has 0 amide bonds. The molecular weight excluding hydrogens is 198 g/mol. The lowest BCUT2D eigenvalue weighted by Crippen LogP contribution is -2.05. The standard InChI is InChI=1S/C14H23NO/c1-12(16-2)5-6-14-9-7-13(8-10-14)4-3-11-15/h7-10,12H,3-6,11,15H2,1-2H3. The van der Waals surface area contributed by atoms with Gasteiger partial charge in [-0.1, -0.05) is 24.3 Å². The number of hydrogen-bond donors (Lipinski definition) is 1. The van der Waals surface area contributed by atoms with E-state index in [-0.39, 0.29) is 0 Å². The summed E-state index contributed by atoms with van der Waals surface area (Å²) in [5.74, 6) is 0. The van der Waals surface area contributed by atoms with Gasteiger partial charge in [-0.15, -0.1) is 0 Å². The van der Waals surface area contributed by atoms with Crippen molar-refractivity contribution >= 4 is 0 Å². The van der Waals surface area contributed by atoms with Crippen LogP contribution in [0.1, 0.15) is 30.9 Å². The van der Waals surface area contributed by atoms with E-state index < -0.39 is 0 Å². The summed E-state index contributed by atoms with van der Waals surface area (Å²) in [6.45, 7) is 2.88. The number of hydrogen-bond acceptors (Lipinski definition) is 2. The topological polar surface area (TPSA) is 35.2 Å². The maximum Gasteiger partial charge on any atom is 0.0546 e. The molecule has 0 aliphatic heterocycles. The quantitative estimate of drug-likeness (QED) is 0.768. The van der Waals surface area contributed by atoms with Gasteiger partial charge in [0, 0.05) is 7.11 Å². The second-order valence-corrected chi connectivity index (χ2v) is 4.29. The summed E-state index contributed by atoms with van der Waals surface area (Å²) in [6, 6.07) is 8.85. The molecule has 0 aromatic heterocycles.